The lowest BCUT2D eigenvalue weighted by Gasteiger charge is -2.10. The van der Waals surface area contributed by atoms with Crippen molar-refractivity contribution in [1.82, 2.24) is 9.97 Å². The van der Waals surface area contributed by atoms with Gasteiger partial charge < -0.3 is 0 Å². The molecule has 42 heavy (non-hydrogen) atoms. The Morgan fingerprint density at radius 2 is 1.43 bits per heavy atom. The first kappa shape index (κ1) is 30.3. The van der Waals surface area contributed by atoms with Gasteiger partial charge in [-0.15, -0.1) is 0 Å². The van der Waals surface area contributed by atoms with Crippen LogP contribution in [0.5, 0.6) is 0 Å². The summed E-state index contributed by atoms with van der Waals surface area (Å²) in [5.74, 6) is -5.40. The molecular weight excluding hydrogens is 552 g/mol. The molecule has 0 aliphatic carbocycles. The maximum absolute atomic E-state index is 15.1. The molecule has 9 heteroatoms. The van der Waals surface area contributed by atoms with Gasteiger partial charge in [0, 0.05) is 29.9 Å². The van der Waals surface area contributed by atoms with Crippen molar-refractivity contribution < 1.29 is 26.3 Å². The third kappa shape index (κ3) is 7.13. The summed E-state index contributed by atoms with van der Waals surface area (Å²) in [4.78, 5) is 8.24. The van der Waals surface area contributed by atoms with Gasteiger partial charge in [-0.05, 0) is 59.9 Å². The van der Waals surface area contributed by atoms with Crippen molar-refractivity contribution in [2.24, 2.45) is 0 Å². The molecule has 0 unspecified atom stereocenters. The summed E-state index contributed by atoms with van der Waals surface area (Å²) < 4.78 is 86.3. The first-order valence-electron chi connectivity index (χ1n) is 13.2. The first-order valence-corrected chi connectivity index (χ1v) is 13.2. The first-order chi connectivity index (χ1) is 20.2. The molecule has 3 nitrogen and oxygen atoms in total. The van der Waals surface area contributed by atoms with Crippen LogP contribution in [0.25, 0.3) is 28.1 Å². The molecule has 3 aromatic carbocycles. The van der Waals surface area contributed by atoms with Crippen molar-refractivity contribution in [3.05, 3.63) is 125 Å². The van der Waals surface area contributed by atoms with Crippen molar-refractivity contribution in [2.75, 3.05) is 0 Å². The number of hydrogen-bond donors (Lipinski definition) is 0. The number of hydrogen-bond acceptors (Lipinski definition) is 3. The number of rotatable bonds is 10. The summed E-state index contributed by atoms with van der Waals surface area (Å²) in [5.41, 5.74) is -0.0128. The van der Waals surface area contributed by atoms with Crippen molar-refractivity contribution in [2.45, 2.75) is 39.0 Å². The molecule has 4 rings (SSSR count). The van der Waals surface area contributed by atoms with Gasteiger partial charge in [-0.1, -0.05) is 50.1 Å². The van der Waals surface area contributed by atoms with E-state index in [1.165, 1.54) is 42.7 Å². The minimum atomic E-state index is -1.03. The monoisotopic (exact) mass is 577 g/mol. The van der Waals surface area contributed by atoms with Gasteiger partial charge in [-0.25, -0.2) is 36.3 Å². The molecule has 1 aromatic heterocycles. The Morgan fingerprint density at radius 1 is 0.810 bits per heavy atom. The molecule has 0 aliphatic heterocycles. The minimum Gasteiger partial charge on any atom is -0.241 e. The highest BCUT2D eigenvalue weighted by Crippen LogP contribution is 2.32. The maximum atomic E-state index is 15.1. The number of halogens is 6. The molecule has 0 atom stereocenters. The molecule has 4 aromatic rings. The zero-order valence-corrected chi connectivity index (χ0v) is 22.6. The second kappa shape index (κ2) is 13.8. The van der Waals surface area contributed by atoms with Crippen LogP contribution in [0.2, 0.25) is 0 Å². The van der Waals surface area contributed by atoms with E-state index >= 15 is 8.78 Å². The fraction of sp³-hybridized carbons (Fsp3) is 0.182. The fourth-order valence-electron chi connectivity index (χ4n) is 4.29. The summed E-state index contributed by atoms with van der Waals surface area (Å²) in [6, 6.07) is 11.4. The molecule has 0 saturated heterocycles. The van der Waals surface area contributed by atoms with Gasteiger partial charge in [-0.2, -0.15) is 5.26 Å². The molecule has 0 spiro atoms. The third-order valence-corrected chi connectivity index (χ3v) is 6.56. The lowest BCUT2D eigenvalue weighted by Crippen LogP contribution is -2.01. The van der Waals surface area contributed by atoms with Crippen LogP contribution in [0.1, 0.15) is 48.7 Å². The predicted octanol–water partition coefficient (Wildman–Crippen LogP) is 9.38. The van der Waals surface area contributed by atoms with Crippen LogP contribution in [0.4, 0.5) is 26.3 Å². The number of unbranched alkanes of at least 4 members (excludes halogenated alkanes) is 2. The summed E-state index contributed by atoms with van der Waals surface area (Å²) in [6.45, 7) is 2.00. The van der Waals surface area contributed by atoms with Crippen LogP contribution in [0, 0.1) is 34.6 Å². The molecule has 0 fully saturated rings. The lowest BCUT2D eigenvalue weighted by atomic mass is 9.99. The van der Waals surface area contributed by atoms with Gasteiger partial charge in [0.15, 0.2) is 11.7 Å². The van der Waals surface area contributed by atoms with E-state index in [0.29, 0.717) is 17.5 Å². The largest absolute Gasteiger partial charge is 0.241 e. The van der Waals surface area contributed by atoms with E-state index in [0.717, 1.165) is 43.2 Å². The quantitative estimate of drug-likeness (QED) is 0.107. The lowest BCUT2D eigenvalue weighted by molar-refractivity contribution is 0.572. The second-order valence-electron chi connectivity index (χ2n) is 9.53. The number of nitrogens with zero attached hydrogens (tertiary/aromatic N) is 3. The standard InChI is InChI=1S/C33H25F6N3/c1-2-3-4-5-6-26(34)33(39)22-10-8-21(9-11-22)23-15-29(37)32(30(38)16-23)24-18-41-31(42-19-24)12-7-20-13-27(35)25(17-40)28(36)14-20/h5-6,8-11,13-16,18-19H,2-4,7,12H2,1H3/b6-5+,33-26+. The predicted molar refractivity (Wildman–Crippen MR) is 149 cm³/mol. The molecule has 0 saturated carbocycles. The Hall–Kier alpha value is -4.71. The Balaban J connectivity index is 1.47. The molecule has 0 amide bonds. The van der Waals surface area contributed by atoms with Gasteiger partial charge in [-0.3, -0.25) is 0 Å². The van der Waals surface area contributed by atoms with E-state index in [1.54, 1.807) is 6.08 Å². The van der Waals surface area contributed by atoms with Crippen LogP contribution in [-0.4, -0.2) is 9.97 Å². The van der Waals surface area contributed by atoms with Crippen LogP contribution < -0.4 is 0 Å². The summed E-state index contributed by atoms with van der Waals surface area (Å²) in [5, 5.41) is 8.78. The molecule has 0 radical (unpaired) electrons. The number of allylic oxidation sites excluding steroid dienone is 3. The zero-order chi connectivity index (χ0) is 30.2. The molecule has 1 heterocycles. The minimum absolute atomic E-state index is 0.000598. The highest BCUT2D eigenvalue weighted by atomic mass is 19.2. The van der Waals surface area contributed by atoms with E-state index in [2.05, 4.69) is 9.97 Å². The average Bonchev–Trinajstić information content (AvgIpc) is 2.98. The number of aromatic nitrogens is 2. The highest BCUT2D eigenvalue weighted by Gasteiger charge is 2.16. The van der Waals surface area contributed by atoms with Crippen molar-refractivity contribution >= 4 is 5.83 Å². The van der Waals surface area contributed by atoms with Crippen LogP contribution in [-0.2, 0) is 12.8 Å². The Labute approximate surface area is 239 Å². The summed E-state index contributed by atoms with van der Waals surface area (Å²) >= 11 is 0. The van der Waals surface area contributed by atoms with Gasteiger partial charge in [0.25, 0.3) is 0 Å². The van der Waals surface area contributed by atoms with Gasteiger partial charge in [0.1, 0.15) is 40.7 Å². The van der Waals surface area contributed by atoms with Gasteiger partial charge in [0.2, 0.25) is 0 Å². The van der Waals surface area contributed by atoms with Crippen molar-refractivity contribution in [3.8, 4) is 28.3 Å². The van der Waals surface area contributed by atoms with E-state index in [1.807, 2.05) is 6.92 Å². The van der Waals surface area contributed by atoms with E-state index in [-0.39, 0.29) is 40.9 Å². The van der Waals surface area contributed by atoms with Crippen molar-refractivity contribution in [3.63, 3.8) is 0 Å². The molecular formula is C33H25F6N3. The summed E-state index contributed by atoms with van der Waals surface area (Å²) in [6.07, 6.45) is 7.99. The zero-order valence-electron chi connectivity index (χ0n) is 22.6. The van der Waals surface area contributed by atoms with Crippen LogP contribution >= 0.6 is 0 Å². The molecule has 0 N–H and O–H groups in total. The third-order valence-electron chi connectivity index (χ3n) is 6.56. The Bertz CT molecular complexity index is 1620. The molecule has 0 aliphatic rings. The summed E-state index contributed by atoms with van der Waals surface area (Å²) in [7, 11) is 0. The molecule has 214 valence electrons. The maximum Gasteiger partial charge on any atom is 0.166 e. The Kier molecular flexibility index (Phi) is 9.92. The highest BCUT2D eigenvalue weighted by molar-refractivity contribution is 5.73. The molecule has 0 bridgehead atoms. The SMILES string of the molecule is CCCC/C=C/C(F)=C(\F)c1ccc(-c2cc(F)c(-c3cnc(CCc4cc(F)c(C#N)c(F)c4)nc3)c(F)c2)cc1. The smallest absolute Gasteiger partial charge is 0.166 e. The number of aryl methyl sites for hydroxylation is 2. The van der Waals surface area contributed by atoms with Crippen LogP contribution in [0.15, 0.2) is 78.9 Å². The normalized spacial score (nSPS) is 12.0. The van der Waals surface area contributed by atoms with Gasteiger partial charge >= 0.3 is 0 Å². The van der Waals surface area contributed by atoms with E-state index in [4.69, 9.17) is 5.26 Å². The average molecular weight is 578 g/mol. The van der Waals surface area contributed by atoms with Gasteiger partial charge in [0.05, 0.1) is 5.56 Å². The topological polar surface area (TPSA) is 49.6 Å². The second-order valence-corrected chi connectivity index (χ2v) is 9.53. The number of benzene rings is 3. The number of nitriles is 1. The van der Waals surface area contributed by atoms with E-state index in [9.17, 15) is 17.6 Å². The fourth-order valence-corrected chi connectivity index (χ4v) is 4.29. The van der Waals surface area contributed by atoms with Crippen molar-refractivity contribution in [1.29, 1.82) is 5.26 Å². The Morgan fingerprint density at radius 3 is 2.00 bits per heavy atom. The van der Waals surface area contributed by atoms with Crippen LogP contribution in [0.3, 0.4) is 0 Å². The van der Waals surface area contributed by atoms with E-state index < -0.39 is 40.5 Å².